The molecule has 0 amide bonds. The second-order valence-electron chi connectivity index (χ2n) is 5.19. The van der Waals surface area contributed by atoms with Crippen LogP contribution in [0.5, 0.6) is 0 Å². The molecule has 0 heterocycles. The molecule has 106 valence electrons. The molecule has 19 heavy (non-hydrogen) atoms. The van der Waals surface area contributed by atoms with Crippen molar-refractivity contribution in [1.29, 1.82) is 0 Å². The molecule has 2 rings (SSSR count). The van der Waals surface area contributed by atoms with E-state index in [4.69, 9.17) is 5.73 Å². The lowest BCUT2D eigenvalue weighted by Crippen LogP contribution is -2.37. The Morgan fingerprint density at radius 1 is 1.16 bits per heavy atom. The summed E-state index contributed by atoms with van der Waals surface area (Å²) < 4.78 is 37.7. The number of hydrogen-bond donors (Lipinski definition) is 2. The van der Waals surface area contributed by atoms with Crippen molar-refractivity contribution in [3.63, 3.8) is 0 Å². The zero-order chi connectivity index (χ0) is 13.9. The summed E-state index contributed by atoms with van der Waals surface area (Å²) >= 11 is 0. The van der Waals surface area contributed by atoms with E-state index in [9.17, 15) is 13.2 Å². The maximum Gasteiger partial charge on any atom is 0.416 e. The quantitative estimate of drug-likeness (QED) is 0.887. The van der Waals surface area contributed by atoms with Gasteiger partial charge in [-0.1, -0.05) is 18.2 Å². The summed E-state index contributed by atoms with van der Waals surface area (Å²) in [5, 5.41) is 3.31. The molecule has 0 bridgehead atoms. The van der Waals surface area contributed by atoms with E-state index in [0.29, 0.717) is 18.2 Å². The maximum absolute atomic E-state index is 12.6. The van der Waals surface area contributed by atoms with Crippen LogP contribution in [0.4, 0.5) is 13.2 Å². The molecule has 2 nitrogen and oxygen atoms in total. The highest BCUT2D eigenvalue weighted by molar-refractivity contribution is 5.25. The van der Waals surface area contributed by atoms with Gasteiger partial charge >= 0.3 is 6.18 Å². The number of alkyl halides is 3. The summed E-state index contributed by atoms with van der Waals surface area (Å²) in [6.45, 7) is 0.476. The highest BCUT2D eigenvalue weighted by Crippen LogP contribution is 2.29. The summed E-state index contributed by atoms with van der Waals surface area (Å²) in [4.78, 5) is 0. The van der Waals surface area contributed by atoms with Crippen LogP contribution >= 0.6 is 0 Å². The van der Waals surface area contributed by atoms with Gasteiger partial charge in [0.2, 0.25) is 0 Å². The number of nitrogens with two attached hydrogens (primary N) is 1. The third kappa shape index (κ3) is 4.21. The Balaban J connectivity index is 1.89. The van der Waals surface area contributed by atoms with Crippen molar-refractivity contribution >= 4 is 0 Å². The first kappa shape index (κ1) is 14.3. The zero-order valence-electron chi connectivity index (χ0n) is 10.7. The second-order valence-corrected chi connectivity index (χ2v) is 5.19. The molecule has 1 aliphatic rings. The van der Waals surface area contributed by atoms with Crippen molar-refractivity contribution in [2.45, 2.75) is 50.5 Å². The first-order valence-electron chi connectivity index (χ1n) is 6.60. The predicted molar refractivity (Wildman–Crippen MR) is 68.5 cm³/mol. The van der Waals surface area contributed by atoms with E-state index < -0.39 is 11.7 Å². The fourth-order valence-corrected chi connectivity index (χ4v) is 2.44. The molecule has 1 saturated carbocycles. The molecule has 0 saturated heterocycles. The molecule has 3 N–H and O–H groups in total. The lowest BCUT2D eigenvalue weighted by atomic mass is 9.92. The third-order valence-corrected chi connectivity index (χ3v) is 3.62. The Bertz CT molecular complexity index is 409. The molecule has 0 unspecified atom stereocenters. The molecule has 0 spiro atoms. The Morgan fingerprint density at radius 3 is 2.47 bits per heavy atom. The molecule has 1 aromatic carbocycles. The third-order valence-electron chi connectivity index (χ3n) is 3.62. The fraction of sp³-hybridized carbons (Fsp3) is 0.571. The maximum atomic E-state index is 12.6. The van der Waals surface area contributed by atoms with Crippen molar-refractivity contribution in [3.05, 3.63) is 35.4 Å². The number of halogens is 3. The van der Waals surface area contributed by atoms with Crippen LogP contribution in [0.15, 0.2) is 24.3 Å². The highest BCUT2D eigenvalue weighted by Gasteiger charge is 2.30. The van der Waals surface area contributed by atoms with E-state index in [2.05, 4.69) is 5.32 Å². The Hall–Kier alpha value is -1.07. The summed E-state index contributed by atoms with van der Waals surface area (Å²) in [5.74, 6) is 0. The minimum absolute atomic E-state index is 0.284. The largest absolute Gasteiger partial charge is 0.416 e. The Labute approximate surface area is 111 Å². The van der Waals surface area contributed by atoms with Crippen LogP contribution in [0.2, 0.25) is 0 Å². The number of nitrogens with one attached hydrogen (secondary N) is 1. The van der Waals surface area contributed by atoms with Gasteiger partial charge in [0.05, 0.1) is 5.56 Å². The van der Waals surface area contributed by atoms with Crippen molar-refractivity contribution < 1.29 is 13.2 Å². The first-order valence-corrected chi connectivity index (χ1v) is 6.60. The van der Waals surface area contributed by atoms with Gasteiger partial charge < -0.3 is 11.1 Å². The van der Waals surface area contributed by atoms with Crippen LogP contribution in [-0.4, -0.2) is 12.1 Å². The van der Waals surface area contributed by atoms with Crippen LogP contribution in [0.3, 0.4) is 0 Å². The highest BCUT2D eigenvalue weighted by atomic mass is 19.4. The van der Waals surface area contributed by atoms with Crippen LogP contribution in [0.1, 0.15) is 36.8 Å². The topological polar surface area (TPSA) is 38.0 Å². The average Bonchev–Trinajstić information content (AvgIpc) is 2.37. The van der Waals surface area contributed by atoms with Gasteiger partial charge in [-0.15, -0.1) is 0 Å². The molecule has 1 aromatic rings. The lowest BCUT2D eigenvalue weighted by molar-refractivity contribution is -0.137. The minimum atomic E-state index is -4.27. The van der Waals surface area contributed by atoms with E-state index in [1.54, 1.807) is 6.07 Å². The molecule has 0 aromatic heterocycles. The van der Waals surface area contributed by atoms with Crippen LogP contribution < -0.4 is 11.1 Å². The van der Waals surface area contributed by atoms with Crippen molar-refractivity contribution in [2.75, 3.05) is 0 Å². The van der Waals surface area contributed by atoms with Gasteiger partial charge in [-0.2, -0.15) is 13.2 Å². The van der Waals surface area contributed by atoms with E-state index >= 15 is 0 Å². The standard InChI is InChI=1S/C14H19F3N2/c15-14(16,17)11-3-1-2-10(8-11)9-19-13-6-4-12(18)5-7-13/h1-3,8,12-13,19H,4-7,9,18H2. The summed E-state index contributed by atoms with van der Waals surface area (Å²) in [6.07, 6.45) is -0.297. The Kier molecular flexibility index (Phi) is 4.47. The monoisotopic (exact) mass is 272 g/mol. The zero-order valence-corrected chi connectivity index (χ0v) is 10.7. The predicted octanol–water partition coefficient (Wildman–Crippen LogP) is 3.06. The van der Waals surface area contributed by atoms with Gasteiger partial charge in [0.1, 0.15) is 0 Å². The lowest BCUT2D eigenvalue weighted by Gasteiger charge is -2.27. The van der Waals surface area contributed by atoms with Gasteiger partial charge in [0.25, 0.3) is 0 Å². The minimum Gasteiger partial charge on any atom is -0.328 e. The van der Waals surface area contributed by atoms with E-state index in [1.165, 1.54) is 12.1 Å². The molecule has 0 aliphatic heterocycles. The summed E-state index contributed by atoms with van der Waals surface area (Å²) in [6, 6.07) is 6.14. The summed E-state index contributed by atoms with van der Waals surface area (Å²) in [7, 11) is 0. The second kappa shape index (κ2) is 5.92. The van der Waals surface area contributed by atoms with Crippen LogP contribution in [0, 0.1) is 0 Å². The van der Waals surface area contributed by atoms with Crippen molar-refractivity contribution in [2.24, 2.45) is 5.73 Å². The number of benzene rings is 1. The molecule has 0 radical (unpaired) electrons. The molecular weight excluding hydrogens is 253 g/mol. The molecule has 0 atom stereocenters. The van der Waals surface area contributed by atoms with E-state index in [0.717, 1.165) is 31.7 Å². The molecular formula is C14H19F3N2. The van der Waals surface area contributed by atoms with Gasteiger partial charge in [0.15, 0.2) is 0 Å². The molecule has 1 aliphatic carbocycles. The Morgan fingerprint density at radius 2 is 1.84 bits per heavy atom. The van der Waals surface area contributed by atoms with Gasteiger partial charge in [0, 0.05) is 18.6 Å². The SMILES string of the molecule is NC1CCC(NCc2cccc(C(F)(F)F)c2)CC1. The van der Waals surface area contributed by atoms with Gasteiger partial charge in [-0.3, -0.25) is 0 Å². The number of hydrogen-bond acceptors (Lipinski definition) is 2. The normalized spacial score (nSPS) is 24.4. The molecule has 5 heteroatoms. The van der Waals surface area contributed by atoms with Gasteiger partial charge in [-0.05, 0) is 37.3 Å². The van der Waals surface area contributed by atoms with E-state index in [-0.39, 0.29) is 6.04 Å². The first-order chi connectivity index (χ1) is 8.95. The van der Waals surface area contributed by atoms with Crippen molar-refractivity contribution in [1.82, 2.24) is 5.32 Å². The van der Waals surface area contributed by atoms with Crippen molar-refractivity contribution in [3.8, 4) is 0 Å². The van der Waals surface area contributed by atoms with Crippen LogP contribution in [0.25, 0.3) is 0 Å². The van der Waals surface area contributed by atoms with E-state index in [1.807, 2.05) is 0 Å². The average molecular weight is 272 g/mol. The fourth-order valence-electron chi connectivity index (χ4n) is 2.44. The van der Waals surface area contributed by atoms with Gasteiger partial charge in [-0.25, -0.2) is 0 Å². The smallest absolute Gasteiger partial charge is 0.328 e. The number of rotatable bonds is 3. The van der Waals surface area contributed by atoms with Crippen LogP contribution in [-0.2, 0) is 12.7 Å². The molecule has 1 fully saturated rings. The summed E-state index contributed by atoms with van der Waals surface area (Å²) in [5.41, 5.74) is 5.90.